The van der Waals surface area contributed by atoms with Gasteiger partial charge in [0.2, 0.25) is 0 Å². The number of ether oxygens (including phenoxy) is 1. The second-order valence-corrected chi connectivity index (χ2v) is 8.26. The van der Waals surface area contributed by atoms with Crippen LogP contribution in [0.5, 0.6) is 0 Å². The summed E-state index contributed by atoms with van der Waals surface area (Å²) in [4.78, 5) is 36.9. The number of Topliss-reactive ketones (excluding diaryl/α,β-unsaturated/α-hetero) is 1. The number of carbonyl (C=O) groups is 3. The van der Waals surface area contributed by atoms with Crippen molar-refractivity contribution in [1.29, 1.82) is 0 Å². The molecule has 5 heteroatoms. The third-order valence-corrected chi connectivity index (χ3v) is 6.02. The lowest BCUT2D eigenvalue weighted by molar-refractivity contribution is -0.163. The molecule has 150 valence electrons. The Balaban J connectivity index is 1.84. The van der Waals surface area contributed by atoms with Crippen molar-refractivity contribution in [1.82, 2.24) is 0 Å². The number of aryl methyl sites for hydroxylation is 2. The van der Waals surface area contributed by atoms with Gasteiger partial charge in [-0.15, -0.1) is 0 Å². The van der Waals surface area contributed by atoms with Crippen molar-refractivity contribution in [3.05, 3.63) is 40.5 Å². The van der Waals surface area contributed by atoms with E-state index in [1.54, 1.807) is 0 Å². The quantitative estimate of drug-likeness (QED) is 0.624. The molecule has 0 saturated heterocycles. The van der Waals surface area contributed by atoms with E-state index in [1.165, 1.54) is 0 Å². The summed E-state index contributed by atoms with van der Waals surface area (Å²) < 4.78 is 5.77. The number of carboxylic acids is 1. The van der Waals surface area contributed by atoms with Crippen LogP contribution in [-0.4, -0.2) is 28.9 Å². The third kappa shape index (κ3) is 4.18. The first kappa shape index (κ1) is 20.3. The number of benzene rings is 1. The Labute approximate surface area is 165 Å². The van der Waals surface area contributed by atoms with E-state index in [9.17, 15) is 19.5 Å². The second kappa shape index (κ2) is 8.29. The Morgan fingerprint density at radius 2 is 1.82 bits per heavy atom. The standard InChI is InChI=1S/C23H28O5/c1-13-8-9-16(14(2)10-13)12-19-20(24)11-15(3)21(19)28-23(27)18-7-5-4-6-17(18)22(25)26/h8-10,12,15,17-18,21H,4-7,11H2,1-3H3,(H,25,26)/b19-12+. The highest BCUT2D eigenvalue weighted by molar-refractivity contribution is 6.03. The Bertz CT molecular complexity index is 822. The predicted molar refractivity (Wildman–Crippen MR) is 106 cm³/mol. The van der Waals surface area contributed by atoms with Crippen molar-refractivity contribution >= 4 is 23.8 Å². The highest BCUT2D eigenvalue weighted by Gasteiger charge is 2.42. The largest absolute Gasteiger partial charge is 0.481 e. The molecule has 0 amide bonds. The first-order valence-electron chi connectivity index (χ1n) is 10.0. The molecule has 0 aliphatic heterocycles. The number of rotatable bonds is 4. The average molecular weight is 384 g/mol. The summed E-state index contributed by atoms with van der Waals surface area (Å²) in [5.41, 5.74) is 3.65. The zero-order valence-electron chi connectivity index (χ0n) is 16.7. The van der Waals surface area contributed by atoms with E-state index in [4.69, 9.17) is 4.74 Å². The van der Waals surface area contributed by atoms with Crippen LogP contribution in [0.4, 0.5) is 0 Å². The summed E-state index contributed by atoms with van der Waals surface area (Å²) in [5.74, 6) is -2.87. The maximum absolute atomic E-state index is 12.8. The monoisotopic (exact) mass is 384 g/mol. The molecular weight excluding hydrogens is 356 g/mol. The fourth-order valence-corrected chi connectivity index (χ4v) is 4.40. The predicted octanol–water partition coefficient (Wildman–Crippen LogP) is 4.10. The van der Waals surface area contributed by atoms with Crippen LogP contribution in [-0.2, 0) is 19.1 Å². The molecule has 0 radical (unpaired) electrons. The summed E-state index contributed by atoms with van der Waals surface area (Å²) in [6.07, 6.45) is 4.22. The van der Waals surface area contributed by atoms with E-state index in [0.29, 0.717) is 24.8 Å². The third-order valence-electron chi connectivity index (χ3n) is 6.02. The van der Waals surface area contributed by atoms with E-state index < -0.39 is 29.9 Å². The molecule has 1 aromatic rings. The number of carbonyl (C=O) groups excluding carboxylic acids is 2. The van der Waals surface area contributed by atoms with Gasteiger partial charge in [0.05, 0.1) is 11.8 Å². The van der Waals surface area contributed by atoms with Gasteiger partial charge in [-0.2, -0.15) is 0 Å². The molecule has 2 saturated carbocycles. The molecule has 4 unspecified atom stereocenters. The number of hydrogen-bond donors (Lipinski definition) is 1. The summed E-state index contributed by atoms with van der Waals surface area (Å²) >= 11 is 0. The van der Waals surface area contributed by atoms with Crippen LogP contribution in [0.2, 0.25) is 0 Å². The number of ketones is 1. The van der Waals surface area contributed by atoms with Crippen molar-refractivity contribution in [3.63, 3.8) is 0 Å². The van der Waals surface area contributed by atoms with E-state index in [2.05, 4.69) is 6.07 Å². The fraction of sp³-hybridized carbons (Fsp3) is 0.522. The smallest absolute Gasteiger partial charge is 0.310 e. The number of hydrogen-bond acceptors (Lipinski definition) is 4. The van der Waals surface area contributed by atoms with Gasteiger partial charge in [-0.05, 0) is 43.9 Å². The Morgan fingerprint density at radius 1 is 1.14 bits per heavy atom. The van der Waals surface area contributed by atoms with Gasteiger partial charge in [0.15, 0.2) is 5.78 Å². The van der Waals surface area contributed by atoms with Crippen LogP contribution in [0.25, 0.3) is 6.08 Å². The molecule has 0 bridgehead atoms. The molecule has 1 aromatic carbocycles. The Hall–Kier alpha value is -2.43. The normalized spacial score (nSPS) is 29.1. The van der Waals surface area contributed by atoms with Crippen molar-refractivity contribution in [3.8, 4) is 0 Å². The second-order valence-electron chi connectivity index (χ2n) is 8.26. The van der Waals surface area contributed by atoms with Gasteiger partial charge in [-0.25, -0.2) is 0 Å². The molecule has 2 aliphatic rings. The molecule has 4 atom stereocenters. The summed E-state index contributed by atoms with van der Waals surface area (Å²) in [7, 11) is 0. The van der Waals surface area contributed by atoms with E-state index >= 15 is 0 Å². The fourth-order valence-electron chi connectivity index (χ4n) is 4.40. The molecule has 2 aliphatic carbocycles. The summed E-state index contributed by atoms with van der Waals surface area (Å²) in [6, 6.07) is 6.01. The molecule has 3 rings (SSSR count). The minimum atomic E-state index is -0.941. The van der Waals surface area contributed by atoms with Crippen molar-refractivity contribution in [2.24, 2.45) is 17.8 Å². The van der Waals surface area contributed by atoms with Crippen LogP contribution < -0.4 is 0 Å². The molecule has 0 aromatic heterocycles. The van der Waals surface area contributed by atoms with E-state index in [0.717, 1.165) is 29.5 Å². The molecule has 28 heavy (non-hydrogen) atoms. The SMILES string of the molecule is Cc1ccc(/C=C2\C(=O)CC(C)C2OC(=O)C2CCCCC2C(=O)O)c(C)c1. The average Bonchev–Trinajstić information content (AvgIpc) is 2.90. The molecule has 0 heterocycles. The molecule has 2 fully saturated rings. The number of carboxylic acid groups (broad SMARTS) is 1. The van der Waals surface area contributed by atoms with Gasteiger partial charge < -0.3 is 9.84 Å². The Kier molecular flexibility index (Phi) is 6.01. The minimum Gasteiger partial charge on any atom is -0.481 e. The Morgan fingerprint density at radius 3 is 2.46 bits per heavy atom. The summed E-state index contributed by atoms with van der Waals surface area (Å²) in [6.45, 7) is 5.90. The highest BCUT2D eigenvalue weighted by atomic mass is 16.5. The van der Waals surface area contributed by atoms with Crippen molar-refractivity contribution in [2.45, 2.75) is 59.0 Å². The zero-order valence-corrected chi connectivity index (χ0v) is 16.7. The minimum absolute atomic E-state index is 0.0105. The van der Waals surface area contributed by atoms with Gasteiger partial charge >= 0.3 is 11.9 Å². The van der Waals surface area contributed by atoms with Crippen LogP contribution in [0.3, 0.4) is 0 Å². The van der Waals surface area contributed by atoms with Gasteiger partial charge in [0.1, 0.15) is 6.10 Å². The molecule has 5 nitrogen and oxygen atoms in total. The summed E-state index contributed by atoms with van der Waals surface area (Å²) in [5, 5.41) is 9.44. The van der Waals surface area contributed by atoms with Gasteiger partial charge in [0.25, 0.3) is 0 Å². The lowest BCUT2D eigenvalue weighted by Crippen LogP contribution is -2.36. The molecule has 1 N–H and O–H groups in total. The van der Waals surface area contributed by atoms with Crippen molar-refractivity contribution < 1.29 is 24.2 Å². The van der Waals surface area contributed by atoms with Crippen LogP contribution >= 0.6 is 0 Å². The number of esters is 1. The van der Waals surface area contributed by atoms with E-state index in [-0.39, 0.29) is 11.7 Å². The number of aliphatic carboxylic acids is 1. The van der Waals surface area contributed by atoms with Crippen LogP contribution in [0.1, 0.15) is 55.7 Å². The van der Waals surface area contributed by atoms with Crippen LogP contribution in [0, 0.1) is 31.6 Å². The molecule has 0 spiro atoms. The van der Waals surface area contributed by atoms with Gasteiger partial charge in [0, 0.05) is 17.9 Å². The lowest BCUT2D eigenvalue weighted by atomic mass is 9.79. The molecular formula is C23H28O5. The first-order valence-corrected chi connectivity index (χ1v) is 10.0. The van der Waals surface area contributed by atoms with E-state index in [1.807, 2.05) is 39.0 Å². The van der Waals surface area contributed by atoms with Crippen LogP contribution in [0.15, 0.2) is 23.8 Å². The lowest BCUT2D eigenvalue weighted by Gasteiger charge is -2.28. The maximum Gasteiger partial charge on any atom is 0.310 e. The first-order chi connectivity index (χ1) is 13.3. The highest BCUT2D eigenvalue weighted by Crippen LogP contribution is 2.36. The van der Waals surface area contributed by atoms with Gasteiger partial charge in [-0.3, -0.25) is 14.4 Å². The topological polar surface area (TPSA) is 80.7 Å². The maximum atomic E-state index is 12.8. The van der Waals surface area contributed by atoms with Gasteiger partial charge in [-0.1, -0.05) is 43.5 Å². The zero-order chi connectivity index (χ0) is 20.4. The van der Waals surface area contributed by atoms with Crippen molar-refractivity contribution in [2.75, 3.05) is 0 Å².